The lowest BCUT2D eigenvalue weighted by atomic mass is 9.98. The molecule has 0 saturated carbocycles. The standard InChI is InChI=1S/C33H40N2O5/c1-4-40-32(38)30(21-26-16-18-28(19-17-26)27-13-9-6-10-14-27)34-33(39)35(22-24(2)3)23-29(31(36)37)20-15-25-11-7-5-8-12-25/h5-14,16-19,24,29-30H,4,15,20-23H2,1-3H3,(H,34,39)(H,36,37)/t29?,30-/m0/s1. The maximum Gasteiger partial charge on any atom is 0.329 e. The van der Waals surface area contributed by atoms with E-state index in [1.807, 2.05) is 98.8 Å². The molecule has 0 aliphatic carbocycles. The third kappa shape index (κ3) is 9.56. The van der Waals surface area contributed by atoms with Gasteiger partial charge in [0.25, 0.3) is 0 Å². The highest BCUT2D eigenvalue weighted by molar-refractivity contribution is 5.84. The second-order valence-electron chi connectivity index (χ2n) is 10.4. The van der Waals surface area contributed by atoms with Gasteiger partial charge in [0.05, 0.1) is 12.5 Å². The Bertz CT molecular complexity index is 1210. The van der Waals surface area contributed by atoms with Crippen LogP contribution in [-0.4, -0.2) is 53.7 Å². The molecular formula is C33H40N2O5. The van der Waals surface area contributed by atoms with Crippen LogP contribution in [0.1, 0.15) is 38.3 Å². The molecular weight excluding hydrogens is 504 g/mol. The third-order valence-corrected chi connectivity index (χ3v) is 6.66. The van der Waals surface area contributed by atoms with Crippen LogP contribution in [0.4, 0.5) is 4.79 Å². The molecule has 7 nitrogen and oxygen atoms in total. The molecule has 2 amide bonds. The minimum Gasteiger partial charge on any atom is -0.481 e. The number of rotatable bonds is 14. The minimum absolute atomic E-state index is 0.0491. The van der Waals surface area contributed by atoms with Crippen molar-refractivity contribution in [3.8, 4) is 11.1 Å². The van der Waals surface area contributed by atoms with Gasteiger partial charge in [0.15, 0.2) is 0 Å². The summed E-state index contributed by atoms with van der Waals surface area (Å²) in [5, 5.41) is 12.8. The fourth-order valence-electron chi connectivity index (χ4n) is 4.60. The van der Waals surface area contributed by atoms with E-state index in [-0.39, 0.29) is 25.5 Å². The molecule has 2 N–H and O–H groups in total. The number of carboxylic acids is 1. The Hall–Kier alpha value is -4.13. The van der Waals surface area contributed by atoms with Crippen molar-refractivity contribution in [3.05, 3.63) is 96.1 Å². The van der Waals surface area contributed by atoms with E-state index in [4.69, 9.17) is 4.74 Å². The van der Waals surface area contributed by atoms with Gasteiger partial charge < -0.3 is 20.1 Å². The number of carboxylic acid groups (broad SMARTS) is 1. The maximum atomic E-state index is 13.5. The summed E-state index contributed by atoms with van der Waals surface area (Å²) in [6.07, 6.45) is 1.25. The summed E-state index contributed by atoms with van der Waals surface area (Å²) < 4.78 is 5.27. The number of esters is 1. The molecule has 3 aromatic rings. The average molecular weight is 545 g/mol. The Morgan fingerprint density at radius 3 is 2.00 bits per heavy atom. The first-order valence-electron chi connectivity index (χ1n) is 13.9. The number of urea groups is 1. The quantitative estimate of drug-likeness (QED) is 0.249. The summed E-state index contributed by atoms with van der Waals surface area (Å²) >= 11 is 0. The van der Waals surface area contributed by atoms with E-state index in [0.29, 0.717) is 19.4 Å². The van der Waals surface area contributed by atoms with E-state index < -0.39 is 29.9 Å². The van der Waals surface area contributed by atoms with Gasteiger partial charge in [-0.15, -0.1) is 0 Å². The first-order valence-corrected chi connectivity index (χ1v) is 13.9. The number of aryl methyl sites for hydroxylation is 1. The van der Waals surface area contributed by atoms with Gasteiger partial charge in [0.2, 0.25) is 0 Å². The molecule has 3 aromatic carbocycles. The SMILES string of the molecule is CCOC(=O)[C@H](Cc1ccc(-c2ccccc2)cc1)NC(=O)N(CC(C)C)CC(CCc1ccccc1)C(=O)O. The molecule has 0 spiro atoms. The summed E-state index contributed by atoms with van der Waals surface area (Å²) in [4.78, 5) is 40.0. The van der Waals surface area contributed by atoms with Gasteiger partial charge in [-0.3, -0.25) is 4.79 Å². The van der Waals surface area contributed by atoms with E-state index in [2.05, 4.69) is 5.32 Å². The van der Waals surface area contributed by atoms with Crippen molar-refractivity contribution >= 4 is 18.0 Å². The van der Waals surface area contributed by atoms with Gasteiger partial charge in [-0.05, 0) is 47.9 Å². The molecule has 0 bridgehead atoms. The topological polar surface area (TPSA) is 95.9 Å². The van der Waals surface area contributed by atoms with Crippen LogP contribution in [0.3, 0.4) is 0 Å². The van der Waals surface area contributed by atoms with Gasteiger partial charge in [0, 0.05) is 19.5 Å². The zero-order valence-electron chi connectivity index (χ0n) is 23.6. The molecule has 7 heteroatoms. The van der Waals surface area contributed by atoms with Crippen LogP contribution in [0.2, 0.25) is 0 Å². The second kappa shape index (κ2) is 15.5. The number of amides is 2. The highest BCUT2D eigenvalue weighted by atomic mass is 16.5. The minimum atomic E-state index is -0.946. The van der Waals surface area contributed by atoms with Crippen LogP contribution in [0.25, 0.3) is 11.1 Å². The van der Waals surface area contributed by atoms with E-state index in [1.165, 1.54) is 4.90 Å². The molecule has 1 unspecified atom stereocenters. The van der Waals surface area contributed by atoms with Crippen molar-refractivity contribution in [2.45, 2.75) is 46.1 Å². The van der Waals surface area contributed by atoms with E-state index in [9.17, 15) is 19.5 Å². The predicted octanol–water partition coefficient (Wildman–Crippen LogP) is 5.83. The zero-order valence-corrected chi connectivity index (χ0v) is 23.6. The Labute approximate surface area is 237 Å². The Morgan fingerprint density at radius 1 is 0.825 bits per heavy atom. The zero-order chi connectivity index (χ0) is 28.9. The number of nitrogens with zero attached hydrogens (tertiary/aromatic N) is 1. The smallest absolute Gasteiger partial charge is 0.329 e. The van der Waals surface area contributed by atoms with Crippen molar-refractivity contribution in [1.82, 2.24) is 10.2 Å². The molecule has 0 aromatic heterocycles. The molecule has 0 radical (unpaired) electrons. The van der Waals surface area contributed by atoms with Gasteiger partial charge in [-0.25, -0.2) is 9.59 Å². The highest BCUT2D eigenvalue weighted by Gasteiger charge is 2.29. The number of nitrogens with one attached hydrogen (secondary N) is 1. The molecule has 40 heavy (non-hydrogen) atoms. The first kappa shape index (κ1) is 30.4. The van der Waals surface area contributed by atoms with Crippen molar-refractivity contribution in [3.63, 3.8) is 0 Å². The number of hydrogen-bond donors (Lipinski definition) is 2. The summed E-state index contributed by atoms with van der Waals surface area (Å²) in [6.45, 7) is 6.26. The normalized spacial score (nSPS) is 12.4. The molecule has 0 saturated heterocycles. The van der Waals surface area contributed by atoms with Crippen LogP contribution in [0.5, 0.6) is 0 Å². The molecule has 0 aliphatic rings. The second-order valence-corrected chi connectivity index (χ2v) is 10.4. The Balaban J connectivity index is 1.73. The lowest BCUT2D eigenvalue weighted by Gasteiger charge is -2.29. The lowest BCUT2D eigenvalue weighted by Crippen LogP contribution is -2.51. The van der Waals surface area contributed by atoms with E-state index in [1.54, 1.807) is 6.92 Å². The number of hydrogen-bond acceptors (Lipinski definition) is 4. The van der Waals surface area contributed by atoms with Gasteiger partial charge in [-0.2, -0.15) is 0 Å². The van der Waals surface area contributed by atoms with Crippen LogP contribution in [-0.2, 0) is 27.2 Å². The van der Waals surface area contributed by atoms with E-state index in [0.717, 1.165) is 22.3 Å². The van der Waals surface area contributed by atoms with Crippen LogP contribution >= 0.6 is 0 Å². The first-order chi connectivity index (χ1) is 19.3. The highest BCUT2D eigenvalue weighted by Crippen LogP contribution is 2.20. The fraction of sp³-hybridized carbons (Fsp3) is 0.364. The Morgan fingerprint density at radius 2 is 1.43 bits per heavy atom. The van der Waals surface area contributed by atoms with Crippen LogP contribution in [0, 0.1) is 11.8 Å². The average Bonchev–Trinajstić information content (AvgIpc) is 2.95. The van der Waals surface area contributed by atoms with Gasteiger partial charge in [-0.1, -0.05) is 98.8 Å². The van der Waals surface area contributed by atoms with Gasteiger partial charge >= 0.3 is 18.0 Å². The maximum absolute atomic E-state index is 13.5. The summed E-state index contributed by atoms with van der Waals surface area (Å²) in [5.41, 5.74) is 4.07. The van der Waals surface area contributed by atoms with Crippen molar-refractivity contribution < 1.29 is 24.2 Å². The van der Waals surface area contributed by atoms with Crippen molar-refractivity contribution in [1.29, 1.82) is 0 Å². The number of carbonyl (C=O) groups excluding carboxylic acids is 2. The largest absolute Gasteiger partial charge is 0.481 e. The summed E-state index contributed by atoms with van der Waals surface area (Å²) in [7, 11) is 0. The Kier molecular flexibility index (Phi) is 11.8. The number of aliphatic carboxylic acids is 1. The molecule has 0 fully saturated rings. The number of carbonyl (C=O) groups is 3. The van der Waals surface area contributed by atoms with Crippen molar-refractivity contribution in [2.75, 3.05) is 19.7 Å². The number of ether oxygens (including phenoxy) is 1. The summed E-state index contributed by atoms with van der Waals surface area (Å²) in [6, 6.07) is 26.2. The molecule has 2 atom stereocenters. The molecule has 0 aliphatic heterocycles. The molecule has 212 valence electrons. The van der Waals surface area contributed by atoms with E-state index >= 15 is 0 Å². The molecule has 3 rings (SSSR count). The van der Waals surface area contributed by atoms with Crippen LogP contribution in [0.15, 0.2) is 84.9 Å². The predicted molar refractivity (Wildman–Crippen MR) is 157 cm³/mol. The fourth-order valence-corrected chi connectivity index (χ4v) is 4.60. The molecule has 0 heterocycles. The summed E-state index contributed by atoms with van der Waals surface area (Å²) in [5.74, 6) is -2.10. The monoisotopic (exact) mass is 544 g/mol. The lowest BCUT2D eigenvalue weighted by molar-refractivity contribution is -0.145. The van der Waals surface area contributed by atoms with Crippen molar-refractivity contribution in [2.24, 2.45) is 11.8 Å². The third-order valence-electron chi connectivity index (χ3n) is 6.66. The van der Waals surface area contributed by atoms with Gasteiger partial charge in [0.1, 0.15) is 6.04 Å². The van der Waals surface area contributed by atoms with Crippen LogP contribution < -0.4 is 5.32 Å². The number of benzene rings is 3.